The quantitative estimate of drug-likeness (QED) is 0.221. The van der Waals surface area contributed by atoms with Crippen LogP contribution in [0.2, 0.25) is 0 Å². The van der Waals surface area contributed by atoms with Gasteiger partial charge in [-0.15, -0.1) is 0 Å². The van der Waals surface area contributed by atoms with Gasteiger partial charge in [0.15, 0.2) is 0 Å². The lowest BCUT2D eigenvalue weighted by Crippen LogP contribution is -2.51. The van der Waals surface area contributed by atoms with E-state index in [9.17, 15) is 9.59 Å². The lowest BCUT2D eigenvalue weighted by Gasteiger charge is -2.36. The smallest absolute Gasteiger partial charge is 0.223 e. The lowest BCUT2D eigenvalue weighted by molar-refractivity contribution is -0.140. The van der Waals surface area contributed by atoms with Crippen molar-refractivity contribution >= 4 is 11.8 Å². The SMILES string of the molecule is CC(C)OCC1(CN2CCN(CCCCCCCCCCC(=O)N3CCN(C(=O)CC(C)(C)C)CC3)CC2)CC1. The van der Waals surface area contributed by atoms with Gasteiger partial charge in [0.1, 0.15) is 0 Å². The molecule has 0 unspecified atom stereocenters. The van der Waals surface area contributed by atoms with Crippen molar-refractivity contribution in [2.24, 2.45) is 10.8 Å². The first-order valence-corrected chi connectivity index (χ1v) is 16.7. The summed E-state index contributed by atoms with van der Waals surface area (Å²) in [5, 5.41) is 0. The van der Waals surface area contributed by atoms with E-state index in [0.717, 1.165) is 19.4 Å². The molecular formula is C33H62N4O3. The Morgan fingerprint density at radius 3 is 1.73 bits per heavy atom. The van der Waals surface area contributed by atoms with E-state index in [2.05, 4.69) is 44.4 Å². The average Bonchev–Trinajstić information content (AvgIpc) is 3.68. The molecule has 1 saturated carbocycles. The summed E-state index contributed by atoms with van der Waals surface area (Å²) in [4.78, 5) is 34.2. The van der Waals surface area contributed by atoms with Crippen LogP contribution in [0.5, 0.6) is 0 Å². The van der Waals surface area contributed by atoms with Gasteiger partial charge < -0.3 is 24.3 Å². The van der Waals surface area contributed by atoms with Crippen molar-refractivity contribution in [3.05, 3.63) is 0 Å². The second-order valence-electron chi connectivity index (χ2n) is 14.6. The predicted octanol–water partition coefficient (Wildman–Crippen LogP) is 5.43. The molecular weight excluding hydrogens is 500 g/mol. The molecule has 0 aromatic heterocycles. The van der Waals surface area contributed by atoms with Crippen LogP contribution in [-0.2, 0) is 14.3 Å². The number of unbranched alkanes of at least 4 members (excludes halogenated alkanes) is 7. The zero-order chi connectivity index (χ0) is 29.0. The highest BCUT2D eigenvalue weighted by molar-refractivity contribution is 5.78. The van der Waals surface area contributed by atoms with E-state index in [1.807, 2.05) is 9.80 Å². The molecule has 0 aromatic rings. The van der Waals surface area contributed by atoms with Crippen molar-refractivity contribution < 1.29 is 14.3 Å². The summed E-state index contributed by atoms with van der Waals surface area (Å²) in [5.74, 6) is 0.499. The van der Waals surface area contributed by atoms with Gasteiger partial charge in [0.2, 0.25) is 11.8 Å². The summed E-state index contributed by atoms with van der Waals surface area (Å²) < 4.78 is 5.93. The first-order valence-electron chi connectivity index (χ1n) is 16.7. The van der Waals surface area contributed by atoms with Crippen LogP contribution in [0.3, 0.4) is 0 Å². The molecule has 40 heavy (non-hydrogen) atoms. The number of hydrogen-bond acceptors (Lipinski definition) is 5. The minimum absolute atomic E-state index is 0.0169. The van der Waals surface area contributed by atoms with Crippen LogP contribution in [0.1, 0.15) is 112 Å². The van der Waals surface area contributed by atoms with E-state index in [4.69, 9.17) is 4.74 Å². The van der Waals surface area contributed by atoms with Crippen molar-refractivity contribution in [2.75, 3.05) is 72.1 Å². The Labute approximate surface area is 246 Å². The van der Waals surface area contributed by atoms with E-state index in [-0.39, 0.29) is 17.2 Å². The molecule has 0 radical (unpaired) electrons. The molecule has 3 fully saturated rings. The normalized spacial score (nSPS) is 20.4. The number of ether oxygens (including phenoxy) is 1. The van der Waals surface area contributed by atoms with Crippen LogP contribution in [0.4, 0.5) is 0 Å². The second kappa shape index (κ2) is 16.5. The maximum atomic E-state index is 12.6. The first-order chi connectivity index (χ1) is 19.1. The molecule has 0 N–H and O–H groups in total. The topological polar surface area (TPSA) is 56.3 Å². The zero-order valence-corrected chi connectivity index (χ0v) is 26.9. The zero-order valence-electron chi connectivity index (χ0n) is 26.9. The molecule has 232 valence electrons. The van der Waals surface area contributed by atoms with Crippen LogP contribution in [-0.4, -0.2) is 110 Å². The Balaban J connectivity index is 1.10. The van der Waals surface area contributed by atoms with Gasteiger partial charge in [-0.1, -0.05) is 59.3 Å². The third-order valence-electron chi connectivity index (χ3n) is 8.99. The Morgan fingerprint density at radius 2 is 1.20 bits per heavy atom. The summed E-state index contributed by atoms with van der Waals surface area (Å²) in [7, 11) is 0. The lowest BCUT2D eigenvalue weighted by atomic mass is 9.91. The Kier molecular flexibility index (Phi) is 13.7. The minimum Gasteiger partial charge on any atom is -0.378 e. The largest absolute Gasteiger partial charge is 0.378 e. The first kappa shape index (κ1) is 33.3. The van der Waals surface area contributed by atoms with Gasteiger partial charge in [-0.05, 0) is 51.5 Å². The van der Waals surface area contributed by atoms with Gasteiger partial charge in [0.25, 0.3) is 0 Å². The van der Waals surface area contributed by atoms with Gasteiger partial charge in [-0.3, -0.25) is 9.59 Å². The third-order valence-corrected chi connectivity index (χ3v) is 8.99. The number of amides is 2. The summed E-state index contributed by atoms with van der Waals surface area (Å²) in [6.07, 6.45) is 14.3. The van der Waals surface area contributed by atoms with E-state index in [1.165, 1.54) is 90.6 Å². The van der Waals surface area contributed by atoms with Gasteiger partial charge in [0, 0.05) is 77.2 Å². The Morgan fingerprint density at radius 1 is 0.700 bits per heavy atom. The number of hydrogen-bond donors (Lipinski definition) is 0. The number of piperazine rings is 2. The molecule has 2 aliphatic heterocycles. The molecule has 0 aromatic carbocycles. The van der Waals surface area contributed by atoms with Crippen LogP contribution in [0, 0.1) is 10.8 Å². The molecule has 0 bridgehead atoms. The molecule has 0 spiro atoms. The molecule has 2 heterocycles. The van der Waals surface area contributed by atoms with Crippen molar-refractivity contribution in [2.45, 2.75) is 118 Å². The fraction of sp³-hybridized carbons (Fsp3) is 0.939. The number of carbonyl (C=O) groups excluding carboxylic acids is 2. The van der Waals surface area contributed by atoms with Crippen molar-refractivity contribution in [1.82, 2.24) is 19.6 Å². The van der Waals surface area contributed by atoms with E-state index in [0.29, 0.717) is 50.5 Å². The molecule has 2 amide bonds. The van der Waals surface area contributed by atoms with Gasteiger partial charge >= 0.3 is 0 Å². The molecule has 7 heteroatoms. The second-order valence-corrected chi connectivity index (χ2v) is 14.6. The van der Waals surface area contributed by atoms with Crippen LogP contribution in [0.15, 0.2) is 0 Å². The fourth-order valence-electron chi connectivity index (χ4n) is 6.11. The maximum Gasteiger partial charge on any atom is 0.223 e. The Bertz CT molecular complexity index is 745. The van der Waals surface area contributed by atoms with Crippen molar-refractivity contribution in [1.29, 1.82) is 0 Å². The number of carbonyl (C=O) groups is 2. The third kappa shape index (κ3) is 12.8. The molecule has 3 aliphatic rings. The molecule has 0 atom stereocenters. The highest BCUT2D eigenvalue weighted by Gasteiger charge is 2.44. The van der Waals surface area contributed by atoms with Crippen molar-refractivity contribution in [3.63, 3.8) is 0 Å². The monoisotopic (exact) mass is 562 g/mol. The van der Waals surface area contributed by atoms with E-state index in [1.54, 1.807) is 0 Å². The van der Waals surface area contributed by atoms with Gasteiger partial charge in [0.05, 0.1) is 12.7 Å². The maximum absolute atomic E-state index is 12.6. The standard InChI is InChI=1S/C33H62N4O3/c1-29(2)40-28-33(15-16-33)27-35-20-18-34(19-21-35)17-13-11-9-7-6-8-10-12-14-30(38)36-22-24-37(25-23-36)31(39)26-32(3,4)5/h29H,6-28H2,1-5H3. The van der Waals surface area contributed by atoms with Crippen LogP contribution >= 0.6 is 0 Å². The minimum atomic E-state index is 0.0169. The van der Waals surface area contributed by atoms with E-state index < -0.39 is 0 Å². The van der Waals surface area contributed by atoms with Gasteiger partial charge in [-0.25, -0.2) is 0 Å². The van der Waals surface area contributed by atoms with Crippen LogP contribution in [0.25, 0.3) is 0 Å². The number of rotatable bonds is 17. The average molecular weight is 563 g/mol. The van der Waals surface area contributed by atoms with Crippen LogP contribution < -0.4 is 0 Å². The number of nitrogens with zero attached hydrogens (tertiary/aromatic N) is 4. The summed E-state index contributed by atoms with van der Waals surface area (Å²) >= 11 is 0. The molecule has 2 saturated heterocycles. The van der Waals surface area contributed by atoms with Crippen molar-refractivity contribution in [3.8, 4) is 0 Å². The molecule has 7 nitrogen and oxygen atoms in total. The molecule has 1 aliphatic carbocycles. The highest BCUT2D eigenvalue weighted by atomic mass is 16.5. The van der Waals surface area contributed by atoms with E-state index >= 15 is 0 Å². The summed E-state index contributed by atoms with van der Waals surface area (Å²) in [6, 6.07) is 0. The summed E-state index contributed by atoms with van der Waals surface area (Å²) in [6.45, 7) is 21.7. The van der Waals surface area contributed by atoms with Gasteiger partial charge in [-0.2, -0.15) is 0 Å². The highest BCUT2D eigenvalue weighted by Crippen LogP contribution is 2.46. The fourth-order valence-corrected chi connectivity index (χ4v) is 6.11. The Hall–Kier alpha value is -1.18. The molecule has 3 rings (SSSR count). The predicted molar refractivity (Wildman–Crippen MR) is 164 cm³/mol. The summed E-state index contributed by atoms with van der Waals surface area (Å²) in [5.41, 5.74) is 0.481.